The van der Waals surface area contributed by atoms with E-state index in [-0.39, 0.29) is 5.91 Å². The average molecular weight is 284 g/mol. The van der Waals surface area contributed by atoms with Gasteiger partial charge in [0.1, 0.15) is 5.76 Å². The molecule has 0 saturated heterocycles. The normalized spacial score (nSPS) is 14.1. The lowest BCUT2D eigenvalue weighted by atomic mass is 10.1. The molecule has 0 unspecified atom stereocenters. The number of carbonyl (C=O) groups excluding carboxylic acids is 1. The van der Waals surface area contributed by atoms with Gasteiger partial charge < -0.3 is 15.1 Å². The highest BCUT2D eigenvalue weighted by molar-refractivity contribution is 5.77. The first-order chi connectivity index (χ1) is 10.2. The first-order valence-electron chi connectivity index (χ1n) is 7.38. The highest BCUT2D eigenvalue weighted by atomic mass is 16.3. The summed E-state index contributed by atoms with van der Waals surface area (Å²) in [6.07, 6.45) is 5.14. The number of aryl methyl sites for hydroxylation is 1. The number of hydrogen-bond acceptors (Lipinski definition) is 3. The highest BCUT2D eigenvalue weighted by Gasteiger charge is 2.32. The molecule has 0 atom stereocenters. The number of rotatable bonds is 6. The molecule has 0 bridgehead atoms. The van der Waals surface area contributed by atoms with Gasteiger partial charge >= 0.3 is 0 Å². The Morgan fingerprint density at radius 1 is 1.24 bits per heavy atom. The molecule has 1 saturated carbocycles. The number of nitrogens with two attached hydrogens (primary N) is 1. The fraction of sp³-hybridized carbons (Fsp3) is 0.353. The molecule has 0 radical (unpaired) electrons. The van der Waals surface area contributed by atoms with Crippen LogP contribution in [0.2, 0.25) is 0 Å². The van der Waals surface area contributed by atoms with Crippen molar-refractivity contribution < 1.29 is 9.21 Å². The largest absolute Gasteiger partial charge is 0.467 e. The van der Waals surface area contributed by atoms with Gasteiger partial charge in [-0.3, -0.25) is 4.79 Å². The molecule has 1 amide bonds. The summed E-state index contributed by atoms with van der Waals surface area (Å²) in [5, 5.41) is 0. The van der Waals surface area contributed by atoms with Crippen LogP contribution in [0.25, 0.3) is 0 Å². The Labute approximate surface area is 124 Å². The fourth-order valence-electron chi connectivity index (χ4n) is 2.46. The smallest absolute Gasteiger partial charge is 0.223 e. The van der Waals surface area contributed by atoms with Crippen molar-refractivity contribution in [3.05, 3.63) is 54.0 Å². The molecule has 1 aliphatic carbocycles. The second-order valence-corrected chi connectivity index (χ2v) is 5.57. The van der Waals surface area contributed by atoms with Gasteiger partial charge in [-0.25, -0.2) is 0 Å². The van der Waals surface area contributed by atoms with Crippen molar-refractivity contribution in [3.8, 4) is 0 Å². The van der Waals surface area contributed by atoms with Crippen molar-refractivity contribution >= 4 is 11.6 Å². The third kappa shape index (κ3) is 3.66. The van der Waals surface area contributed by atoms with Gasteiger partial charge in [0.25, 0.3) is 0 Å². The minimum absolute atomic E-state index is 0.200. The zero-order valence-electron chi connectivity index (χ0n) is 12.0. The monoisotopic (exact) mass is 284 g/mol. The molecule has 2 aromatic rings. The highest BCUT2D eigenvalue weighted by Crippen LogP contribution is 2.29. The molecule has 21 heavy (non-hydrogen) atoms. The maximum absolute atomic E-state index is 12.5. The van der Waals surface area contributed by atoms with Crippen LogP contribution in [-0.2, 0) is 17.8 Å². The number of amides is 1. The lowest BCUT2D eigenvalue weighted by Crippen LogP contribution is -2.32. The SMILES string of the molecule is Nc1ccc(CCC(=O)N(Cc2ccco2)C2CC2)cc1. The van der Waals surface area contributed by atoms with Crippen LogP contribution in [0.1, 0.15) is 30.6 Å². The average Bonchev–Trinajstić information content (AvgIpc) is 3.20. The summed E-state index contributed by atoms with van der Waals surface area (Å²) in [7, 11) is 0. The van der Waals surface area contributed by atoms with E-state index in [9.17, 15) is 4.79 Å². The topological polar surface area (TPSA) is 59.5 Å². The van der Waals surface area contributed by atoms with Gasteiger partial charge in [-0.2, -0.15) is 0 Å². The molecule has 2 N–H and O–H groups in total. The van der Waals surface area contributed by atoms with E-state index in [0.717, 1.165) is 36.3 Å². The summed E-state index contributed by atoms with van der Waals surface area (Å²) in [6, 6.07) is 11.9. The Bertz CT molecular complexity index is 586. The quantitative estimate of drug-likeness (QED) is 0.830. The predicted molar refractivity (Wildman–Crippen MR) is 81.5 cm³/mol. The molecule has 1 heterocycles. The lowest BCUT2D eigenvalue weighted by molar-refractivity contribution is -0.132. The number of nitrogen functional groups attached to an aromatic ring is 1. The molecular formula is C17H20N2O2. The Balaban J connectivity index is 1.58. The molecule has 0 aliphatic heterocycles. The van der Waals surface area contributed by atoms with Gasteiger partial charge in [0, 0.05) is 18.2 Å². The molecule has 1 aliphatic rings. The summed E-state index contributed by atoms with van der Waals surface area (Å²) >= 11 is 0. The van der Waals surface area contributed by atoms with Gasteiger partial charge in [0.2, 0.25) is 5.91 Å². The lowest BCUT2D eigenvalue weighted by Gasteiger charge is -2.21. The Morgan fingerprint density at radius 2 is 2.00 bits per heavy atom. The summed E-state index contributed by atoms with van der Waals surface area (Å²) in [5.41, 5.74) is 7.57. The van der Waals surface area contributed by atoms with Crippen molar-refractivity contribution in [2.45, 2.75) is 38.3 Å². The van der Waals surface area contributed by atoms with Crippen molar-refractivity contribution in [2.75, 3.05) is 5.73 Å². The maximum atomic E-state index is 12.5. The van der Waals surface area contributed by atoms with Crippen LogP contribution >= 0.6 is 0 Å². The summed E-state index contributed by atoms with van der Waals surface area (Å²) < 4.78 is 5.36. The van der Waals surface area contributed by atoms with E-state index in [1.807, 2.05) is 41.3 Å². The van der Waals surface area contributed by atoms with Crippen LogP contribution in [0, 0.1) is 0 Å². The molecule has 1 fully saturated rings. The van der Waals surface area contributed by atoms with Gasteiger partial charge in [-0.1, -0.05) is 12.1 Å². The van der Waals surface area contributed by atoms with Crippen molar-refractivity contribution in [1.29, 1.82) is 0 Å². The van der Waals surface area contributed by atoms with Crippen LogP contribution in [0.3, 0.4) is 0 Å². The molecule has 1 aromatic heterocycles. The minimum Gasteiger partial charge on any atom is -0.467 e. The zero-order valence-corrected chi connectivity index (χ0v) is 12.0. The second-order valence-electron chi connectivity index (χ2n) is 5.57. The molecule has 0 spiro atoms. The van der Waals surface area contributed by atoms with Gasteiger partial charge in [-0.15, -0.1) is 0 Å². The van der Waals surface area contributed by atoms with Crippen molar-refractivity contribution in [3.63, 3.8) is 0 Å². The number of benzene rings is 1. The molecule has 110 valence electrons. The third-order valence-corrected chi connectivity index (χ3v) is 3.82. The summed E-state index contributed by atoms with van der Waals surface area (Å²) in [5.74, 6) is 1.05. The predicted octanol–water partition coefficient (Wildman–Crippen LogP) is 2.99. The fourth-order valence-corrected chi connectivity index (χ4v) is 2.46. The van der Waals surface area contributed by atoms with Gasteiger partial charge in [0.15, 0.2) is 0 Å². The number of nitrogens with zero attached hydrogens (tertiary/aromatic N) is 1. The Morgan fingerprint density at radius 3 is 2.62 bits per heavy atom. The van der Waals surface area contributed by atoms with Crippen molar-refractivity contribution in [1.82, 2.24) is 4.90 Å². The van der Waals surface area contributed by atoms with Crippen LogP contribution in [0.4, 0.5) is 5.69 Å². The molecular weight excluding hydrogens is 264 g/mol. The zero-order chi connectivity index (χ0) is 14.7. The van der Waals surface area contributed by atoms with Crippen LogP contribution in [-0.4, -0.2) is 16.8 Å². The molecule has 4 heteroatoms. The van der Waals surface area contributed by atoms with Crippen LogP contribution in [0.15, 0.2) is 47.1 Å². The first-order valence-corrected chi connectivity index (χ1v) is 7.38. The van der Waals surface area contributed by atoms with E-state index < -0.39 is 0 Å². The molecule has 4 nitrogen and oxygen atoms in total. The Kier molecular flexibility index (Phi) is 3.95. The number of hydrogen-bond donors (Lipinski definition) is 1. The van der Waals surface area contributed by atoms with Crippen LogP contribution in [0.5, 0.6) is 0 Å². The summed E-state index contributed by atoms with van der Waals surface area (Å²) in [4.78, 5) is 14.4. The van der Waals surface area contributed by atoms with E-state index in [0.29, 0.717) is 19.0 Å². The third-order valence-electron chi connectivity index (χ3n) is 3.82. The first kappa shape index (κ1) is 13.7. The van der Waals surface area contributed by atoms with E-state index in [2.05, 4.69) is 0 Å². The minimum atomic E-state index is 0.200. The molecule has 3 rings (SSSR count). The summed E-state index contributed by atoms with van der Waals surface area (Å²) in [6.45, 7) is 0.582. The number of carbonyl (C=O) groups is 1. The second kappa shape index (κ2) is 6.04. The molecule has 1 aromatic carbocycles. The van der Waals surface area contributed by atoms with E-state index >= 15 is 0 Å². The van der Waals surface area contributed by atoms with Crippen molar-refractivity contribution in [2.24, 2.45) is 0 Å². The van der Waals surface area contributed by atoms with E-state index in [1.165, 1.54) is 0 Å². The van der Waals surface area contributed by atoms with E-state index in [4.69, 9.17) is 10.2 Å². The Hall–Kier alpha value is -2.23. The van der Waals surface area contributed by atoms with Gasteiger partial charge in [-0.05, 0) is 49.1 Å². The van der Waals surface area contributed by atoms with Crippen LogP contribution < -0.4 is 5.73 Å². The number of anilines is 1. The standard InChI is InChI=1S/C17H20N2O2/c18-14-6-3-13(4-7-14)5-10-17(20)19(15-8-9-15)12-16-2-1-11-21-16/h1-4,6-7,11,15H,5,8-10,12,18H2. The maximum Gasteiger partial charge on any atom is 0.223 e. The van der Waals surface area contributed by atoms with Gasteiger partial charge in [0.05, 0.1) is 12.8 Å². The van der Waals surface area contributed by atoms with E-state index in [1.54, 1.807) is 6.26 Å². The number of furan rings is 1.